The molecule has 0 spiro atoms. The second-order valence-corrected chi connectivity index (χ2v) is 7.22. The van der Waals surface area contributed by atoms with Crippen LogP contribution in [0.5, 0.6) is 0 Å². The minimum atomic E-state index is -0.378. The van der Waals surface area contributed by atoms with Crippen molar-refractivity contribution in [1.29, 1.82) is 0 Å². The molecule has 0 radical (unpaired) electrons. The van der Waals surface area contributed by atoms with Gasteiger partial charge in [0.1, 0.15) is 5.01 Å². The number of halogens is 3. The van der Waals surface area contributed by atoms with Crippen molar-refractivity contribution >= 4 is 57.2 Å². The molecule has 0 saturated heterocycles. The number of carbonyl (C=O) groups excluding carboxylic acids is 1. The molecule has 2 aromatic carbocycles. The molecule has 3 rings (SSSR count). The van der Waals surface area contributed by atoms with Crippen LogP contribution >= 0.6 is 46.1 Å². The number of nitrogens with one attached hydrogen (secondary N) is 1. The summed E-state index contributed by atoms with van der Waals surface area (Å²) in [5, 5.41) is 13.4. The van der Waals surface area contributed by atoms with E-state index in [2.05, 4.69) is 15.5 Å². The molecule has 0 aliphatic carbocycles. The van der Waals surface area contributed by atoms with E-state index in [-0.39, 0.29) is 5.91 Å². The van der Waals surface area contributed by atoms with E-state index in [4.69, 9.17) is 34.8 Å². The summed E-state index contributed by atoms with van der Waals surface area (Å²) in [6.07, 6.45) is 0.614. The van der Waals surface area contributed by atoms with E-state index < -0.39 is 0 Å². The van der Waals surface area contributed by atoms with Gasteiger partial charge in [0.05, 0.1) is 10.6 Å². The zero-order valence-corrected chi connectivity index (χ0v) is 15.2. The van der Waals surface area contributed by atoms with Crippen molar-refractivity contribution in [3.8, 4) is 0 Å². The third-order valence-electron chi connectivity index (χ3n) is 3.13. The first-order valence-electron chi connectivity index (χ1n) is 6.84. The van der Waals surface area contributed by atoms with Crippen LogP contribution in [-0.2, 0) is 6.42 Å². The molecule has 1 N–H and O–H groups in total. The summed E-state index contributed by atoms with van der Waals surface area (Å²) in [5.74, 6) is -0.378. The molecule has 0 unspecified atom stereocenters. The lowest BCUT2D eigenvalue weighted by atomic mass is 10.2. The number of nitrogens with zero attached hydrogens (tertiary/aromatic N) is 2. The topological polar surface area (TPSA) is 54.9 Å². The summed E-state index contributed by atoms with van der Waals surface area (Å²) >= 11 is 19.1. The summed E-state index contributed by atoms with van der Waals surface area (Å²) in [7, 11) is 0. The Kier molecular flexibility index (Phi) is 5.36. The molecular formula is C16H10Cl3N3OS. The lowest BCUT2D eigenvalue weighted by molar-refractivity contribution is 0.102. The number of amides is 1. The molecule has 1 aromatic heterocycles. The summed E-state index contributed by atoms with van der Waals surface area (Å²) in [6, 6.07) is 12.2. The van der Waals surface area contributed by atoms with Gasteiger partial charge in [-0.25, -0.2) is 0 Å². The van der Waals surface area contributed by atoms with E-state index in [1.165, 1.54) is 17.4 Å². The van der Waals surface area contributed by atoms with Gasteiger partial charge in [-0.05, 0) is 35.9 Å². The number of hydrogen-bond donors (Lipinski definition) is 1. The first-order chi connectivity index (χ1) is 11.5. The second-order valence-electron chi connectivity index (χ2n) is 4.88. The van der Waals surface area contributed by atoms with E-state index in [0.717, 1.165) is 10.6 Å². The molecule has 0 fully saturated rings. The Morgan fingerprint density at radius 2 is 1.71 bits per heavy atom. The smallest absolute Gasteiger partial charge is 0.259 e. The van der Waals surface area contributed by atoms with Crippen LogP contribution in [0.15, 0.2) is 42.5 Å². The zero-order chi connectivity index (χ0) is 17.1. The second kappa shape index (κ2) is 7.49. The SMILES string of the molecule is O=C(Nc1nnc(Cc2ccc(Cl)cc2)s1)c1cc(Cl)ccc1Cl. The van der Waals surface area contributed by atoms with E-state index in [9.17, 15) is 4.79 Å². The van der Waals surface area contributed by atoms with Crippen LogP contribution in [-0.4, -0.2) is 16.1 Å². The van der Waals surface area contributed by atoms with Crippen LogP contribution in [0.3, 0.4) is 0 Å². The number of benzene rings is 2. The van der Waals surface area contributed by atoms with E-state index in [0.29, 0.717) is 32.2 Å². The molecule has 122 valence electrons. The fourth-order valence-electron chi connectivity index (χ4n) is 1.99. The highest BCUT2D eigenvalue weighted by Gasteiger charge is 2.14. The number of carbonyl (C=O) groups is 1. The number of anilines is 1. The molecule has 0 aliphatic heterocycles. The maximum Gasteiger partial charge on any atom is 0.259 e. The summed E-state index contributed by atoms with van der Waals surface area (Å²) in [5.41, 5.74) is 1.35. The highest BCUT2D eigenvalue weighted by molar-refractivity contribution is 7.15. The average molecular weight is 399 g/mol. The molecule has 0 aliphatic rings. The highest BCUT2D eigenvalue weighted by atomic mass is 35.5. The Balaban J connectivity index is 1.70. The lowest BCUT2D eigenvalue weighted by Crippen LogP contribution is -2.12. The predicted molar refractivity (Wildman–Crippen MR) is 98.6 cm³/mol. The van der Waals surface area contributed by atoms with Gasteiger partial charge >= 0.3 is 0 Å². The molecule has 4 nitrogen and oxygen atoms in total. The third kappa shape index (κ3) is 4.24. The third-order valence-corrected chi connectivity index (χ3v) is 4.78. The van der Waals surface area contributed by atoms with Crippen molar-refractivity contribution in [2.45, 2.75) is 6.42 Å². The van der Waals surface area contributed by atoms with Crippen LogP contribution in [0.4, 0.5) is 5.13 Å². The Morgan fingerprint density at radius 3 is 2.46 bits per heavy atom. The number of aromatic nitrogens is 2. The first kappa shape index (κ1) is 17.2. The molecule has 0 saturated carbocycles. The summed E-state index contributed by atoms with van der Waals surface area (Å²) in [4.78, 5) is 12.3. The molecule has 24 heavy (non-hydrogen) atoms. The monoisotopic (exact) mass is 397 g/mol. The number of hydrogen-bond acceptors (Lipinski definition) is 4. The fourth-order valence-corrected chi connectivity index (χ4v) is 3.26. The van der Waals surface area contributed by atoms with Gasteiger partial charge < -0.3 is 0 Å². The summed E-state index contributed by atoms with van der Waals surface area (Å²) < 4.78 is 0. The van der Waals surface area contributed by atoms with Crippen LogP contribution in [0.1, 0.15) is 20.9 Å². The standard InChI is InChI=1S/C16H10Cl3N3OS/c17-10-3-1-9(2-4-10)7-14-21-22-16(24-14)20-15(23)12-8-11(18)5-6-13(12)19/h1-6,8H,7H2,(H,20,22,23). The van der Waals surface area contributed by atoms with Crippen LogP contribution in [0.2, 0.25) is 15.1 Å². The van der Waals surface area contributed by atoms with Gasteiger partial charge in [0, 0.05) is 16.5 Å². The van der Waals surface area contributed by atoms with E-state index >= 15 is 0 Å². The fraction of sp³-hybridized carbons (Fsp3) is 0.0625. The maximum atomic E-state index is 12.3. The van der Waals surface area contributed by atoms with Gasteiger partial charge in [-0.1, -0.05) is 58.3 Å². The average Bonchev–Trinajstić information content (AvgIpc) is 2.99. The van der Waals surface area contributed by atoms with Crippen molar-refractivity contribution in [2.75, 3.05) is 5.32 Å². The van der Waals surface area contributed by atoms with Gasteiger partial charge in [-0.15, -0.1) is 10.2 Å². The van der Waals surface area contributed by atoms with Crippen LogP contribution in [0, 0.1) is 0 Å². The molecule has 0 bridgehead atoms. The Bertz CT molecular complexity index is 881. The molecular weight excluding hydrogens is 389 g/mol. The maximum absolute atomic E-state index is 12.3. The van der Waals surface area contributed by atoms with Gasteiger partial charge in [0.2, 0.25) is 5.13 Å². The Labute approximate surface area is 157 Å². The highest BCUT2D eigenvalue weighted by Crippen LogP contribution is 2.24. The lowest BCUT2D eigenvalue weighted by Gasteiger charge is -2.04. The van der Waals surface area contributed by atoms with Crippen molar-refractivity contribution in [2.24, 2.45) is 0 Å². The van der Waals surface area contributed by atoms with Gasteiger partial charge in [-0.3, -0.25) is 10.1 Å². The quantitative estimate of drug-likeness (QED) is 0.645. The molecule has 8 heteroatoms. The van der Waals surface area contributed by atoms with E-state index in [1.54, 1.807) is 12.1 Å². The first-order valence-corrected chi connectivity index (χ1v) is 8.79. The predicted octanol–water partition coefficient (Wildman–Crippen LogP) is 5.34. The normalized spacial score (nSPS) is 10.6. The summed E-state index contributed by atoms with van der Waals surface area (Å²) in [6.45, 7) is 0. The van der Waals surface area contributed by atoms with Crippen molar-refractivity contribution in [3.05, 3.63) is 73.7 Å². The molecule has 1 heterocycles. The Hall–Kier alpha value is -1.66. The van der Waals surface area contributed by atoms with Crippen molar-refractivity contribution in [3.63, 3.8) is 0 Å². The van der Waals surface area contributed by atoms with Crippen LogP contribution in [0.25, 0.3) is 0 Å². The molecule has 0 atom stereocenters. The Morgan fingerprint density at radius 1 is 1.00 bits per heavy atom. The van der Waals surface area contributed by atoms with Crippen LogP contribution < -0.4 is 5.32 Å². The van der Waals surface area contributed by atoms with Crippen molar-refractivity contribution < 1.29 is 4.79 Å². The molecule has 3 aromatic rings. The minimum absolute atomic E-state index is 0.290. The van der Waals surface area contributed by atoms with Gasteiger partial charge in [-0.2, -0.15) is 0 Å². The van der Waals surface area contributed by atoms with E-state index in [1.807, 2.05) is 24.3 Å². The number of rotatable bonds is 4. The zero-order valence-electron chi connectivity index (χ0n) is 12.1. The minimum Gasteiger partial charge on any atom is -0.296 e. The van der Waals surface area contributed by atoms with Crippen molar-refractivity contribution in [1.82, 2.24) is 10.2 Å². The van der Waals surface area contributed by atoms with Gasteiger partial charge in [0.25, 0.3) is 5.91 Å². The van der Waals surface area contributed by atoms with Gasteiger partial charge in [0.15, 0.2) is 0 Å². The molecule has 1 amide bonds. The largest absolute Gasteiger partial charge is 0.296 e.